The first kappa shape index (κ1) is 15.3. The highest BCUT2D eigenvalue weighted by Gasteiger charge is 2.15. The second kappa shape index (κ2) is 6.64. The van der Waals surface area contributed by atoms with Gasteiger partial charge in [-0.25, -0.2) is 4.79 Å². The Morgan fingerprint density at radius 2 is 2.26 bits per heavy atom. The molecule has 0 fully saturated rings. The van der Waals surface area contributed by atoms with Crippen LogP contribution >= 0.6 is 0 Å². The summed E-state index contributed by atoms with van der Waals surface area (Å²) >= 11 is 0. The number of hydrogen-bond donors (Lipinski definition) is 1. The molecule has 1 aromatic heterocycles. The number of aryl methyl sites for hydroxylation is 1. The summed E-state index contributed by atoms with van der Waals surface area (Å²) in [4.78, 5) is 24.3. The van der Waals surface area contributed by atoms with Crippen molar-refractivity contribution in [3.05, 3.63) is 48.0 Å². The third-order valence-electron chi connectivity index (χ3n) is 4.04. The quantitative estimate of drug-likeness (QED) is 0.946. The number of rotatable bonds is 3. The normalized spacial score (nSPS) is 13.4. The lowest BCUT2D eigenvalue weighted by Gasteiger charge is -2.28. The molecule has 3 rings (SSSR count). The van der Waals surface area contributed by atoms with Crippen LogP contribution in [0.5, 0.6) is 0 Å². The van der Waals surface area contributed by atoms with Gasteiger partial charge in [0.2, 0.25) is 0 Å². The first-order valence-corrected chi connectivity index (χ1v) is 7.74. The summed E-state index contributed by atoms with van der Waals surface area (Å²) in [5.74, 6) is 0. The highest BCUT2D eigenvalue weighted by atomic mass is 16.2. The number of anilines is 2. The molecule has 23 heavy (non-hydrogen) atoms. The molecule has 0 aliphatic carbocycles. The van der Waals surface area contributed by atoms with Crippen molar-refractivity contribution in [3.8, 4) is 0 Å². The van der Waals surface area contributed by atoms with E-state index >= 15 is 0 Å². The highest BCUT2D eigenvalue weighted by molar-refractivity contribution is 5.89. The molecule has 0 saturated heterocycles. The molecule has 6 heteroatoms. The molecule has 0 unspecified atom stereocenters. The molecule has 1 aliphatic rings. The van der Waals surface area contributed by atoms with Gasteiger partial charge in [0.05, 0.1) is 18.4 Å². The van der Waals surface area contributed by atoms with E-state index in [9.17, 15) is 4.79 Å². The number of nitrogens with zero attached hydrogens (tertiary/aromatic N) is 4. The highest BCUT2D eigenvalue weighted by Crippen LogP contribution is 2.28. The van der Waals surface area contributed by atoms with Crippen molar-refractivity contribution in [3.63, 3.8) is 0 Å². The van der Waals surface area contributed by atoms with Crippen LogP contribution in [0.15, 0.2) is 36.8 Å². The number of nitrogens with one attached hydrogen (secondary N) is 1. The Kier molecular flexibility index (Phi) is 4.41. The summed E-state index contributed by atoms with van der Waals surface area (Å²) in [7, 11) is 3.85. The van der Waals surface area contributed by atoms with Crippen molar-refractivity contribution < 1.29 is 4.79 Å². The maximum atomic E-state index is 12.3. The van der Waals surface area contributed by atoms with Gasteiger partial charge in [0.1, 0.15) is 0 Å². The molecular weight excluding hydrogens is 290 g/mol. The summed E-state index contributed by atoms with van der Waals surface area (Å²) < 4.78 is 0. The fourth-order valence-corrected chi connectivity index (χ4v) is 2.81. The lowest BCUT2D eigenvalue weighted by molar-refractivity contribution is 0.220. The van der Waals surface area contributed by atoms with Crippen LogP contribution in [0.4, 0.5) is 16.2 Å². The first-order valence-electron chi connectivity index (χ1n) is 7.74. The van der Waals surface area contributed by atoms with Gasteiger partial charge in [-0.15, -0.1) is 0 Å². The lowest BCUT2D eigenvalue weighted by Crippen LogP contribution is -2.31. The molecule has 0 spiro atoms. The van der Waals surface area contributed by atoms with Crippen LogP contribution in [0, 0.1) is 0 Å². The van der Waals surface area contributed by atoms with E-state index in [1.165, 1.54) is 11.3 Å². The SMILES string of the molecule is CN(Cc1cnccn1)C(=O)Nc1ccc2c(c1)CCCN2C. The van der Waals surface area contributed by atoms with E-state index in [1.54, 1.807) is 30.5 Å². The third kappa shape index (κ3) is 3.59. The van der Waals surface area contributed by atoms with Gasteiger partial charge in [0, 0.05) is 44.4 Å². The Labute approximate surface area is 136 Å². The van der Waals surface area contributed by atoms with Gasteiger partial charge in [-0.05, 0) is 36.6 Å². The standard InChI is InChI=1S/C17H21N5O/c1-21-9-3-4-13-10-14(5-6-16(13)21)20-17(23)22(2)12-15-11-18-7-8-19-15/h5-8,10-11H,3-4,9,12H2,1-2H3,(H,20,23). The van der Waals surface area contributed by atoms with Crippen LogP contribution < -0.4 is 10.2 Å². The number of urea groups is 1. The minimum absolute atomic E-state index is 0.153. The molecule has 0 bridgehead atoms. The van der Waals surface area contributed by atoms with Gasteiger partial charge in [-0.3, -0.25) is 9.97 Å². The molecule has 2 heterocycles. The zero-order valence-electron chi connectivity index (χ0n) is 13.5. The predicted molar refractivity (Wildman–Crippen MR) is 90.6 cm³/mol. The van der Waals surface area contributed by atoms with E-state index in [4.69, 9.17) is 0 Å². The Hall–Kier alpha value is -2.63. The maximum Gasteiger partial charge on any atom is 0.321 e. The minimum atomic E-state index is -0.153. The number of amides is 2. The van der Waals surface area contributed by atoms with Crippen LogP contribution in [-0.4, -0.2) is 41.5 Å². The monoisotopic (exact) mass is 311 g/mol. The Bertz CT molecular complexity index is 689. The van der Waals surface area contributed by atoms with E-state index in [2.05, 4.69) is 39.4 Å². The second-order valence-corrected chi connectivity index (χ2v) is 5.85. The summed E-state index contributed by atoms with van der Waals surface area (Å²) in [5.41, 5.74) is 4.13. The van der Waals surface area contributed by atoms with Crippen molar-refractivity contribution in [1.82, 2.24) is 14.9 Å². The summed E-state index contributed by atoms with van der Waals surface area (Å²) in [6.07, 6.45) is 7.11. The molecule has 6 nitrogen and oxygen atoms in total. The van der Waals surface area contributed by atoms with Gasteiger partial charge < -0.3 is 15.1 Å². The van der Waals surface area contributed by atoms with Crippen LogP contribution in [0.1, 0.15) is 17.7 Å². The molecule has 1 aliphatic heterocycles. The van der Waals surface area contributed by atoms with Gasteiger partial charge in [0.15, 0.2) is 0 Å². The van der Waals surface area contributed by atoms with Gasteiger partial charge >= 0.3 is 6.03 Å². The van der Waals surface area contributed by atoms with Crippen molar-refractivity contribution in [1.29, 1.82) is 0 Å². The third-order valence-corrected chi connectivity index (χ3v) is 4.04. The molecule has 0 radical (unpaired) electrons. The lowest BCUT2D eigenvalue weighted by atomic mass is 10.0. The van der Waals surface area contributed by atoms with E-state index < -0.39 is 0 Å². The van der Waals surface area contributed by atoms with Crippen LogP contribution in [0.3, 0.4) is 0 Å². The zero-order chi connectivity index (χ0) is 16.2. The summed E-state index contributed by atoms with van der Waals surface area (Å²) in [6.45, 7) is 1.51. The van der Waals surface area contributed by atoms with Gasteiger partial charge in [-0.1, -0.05) is 0 Å². The molecule has 2 amide bonds. The largest absolute Gasteiger partial charge is 0.374 e. The fraction of sp³-hybridized carbons (Fsp3) is 0.353. The number of fused-ring (bicyclic) bond motifs is 1. The van der Waals surface area contributed by atoms with E-state index in [-0.39, 0.29) is 6.03 Å². The fourth-order valence-electron chi connectivity index (χ4n) is 2.81. The molecule has 120 valence electrons. The number of carbonyl (C=O) groups excluding carboxylic acids is 1. The molecular formula is C17H21N5O. The Morgan fingerprint density at radius 3 is 3.04 bits per heavy atom. The van der Waals surface area contributed by atoms with Crippen molar-refractivity contribution >= 4 is 17.4 Å². The molecule has 1 N–H and O–H groups in total. The number of aromatic nitrogens is 2. The van der Waals surface area contributed by atoms with Gasteiger partial charge in [-0.2, -0.15) is 0 Å². The molecule has 1 aromatic carbocycles. The van der Waals surface area contributed by atoms with Crippen molar-refractivity contribution in [2.24, 2.45) is 0 Å². The van der Waals surface area contributed by atoms with Crippen molar-refractivity contribution in [2.75, 3.05) is 30.9 Å². The summed E-state index contributed by atoms with van der Waals surface area (Å²) in [5, 5.41) is 2.95. The van der Waals surface area contributed by atoms with Gasteiger partial charge in [0.25, 0.3) is 0 Å². The number of carbonyl (C=O) groups is 1. The van der Waals surface area contributed by atoms with Crippen LogP contribution in [-0.2, 0) is 13.0 Å². The van der Waals surface area contributed by atoms with E-state index in [0.717, 1.165) is 30.8 Å². The second-order valence-electron chi connectivity index (χ2n) is 5.85. The minimum Gasteiger partial charge on any atom is -0.374 e. The summed E-state index contributed by atoms with van der Waals surface area (Å²) in [6, 6.07) is 5.94. The number of hydrogen-bond acceptors (Lipinski definition) is 4. The topological polar surface area (TPSA) is 61.4 Å². The average Bonchev–Trinajstić information content (AvgIpc) is 2.56. The number of benzene rings is 1. The predicted octanol–water partition coefficient (Wildman–Crippen LogP) is 2.52. The van der Waals surface area contributed by atoms with Crippen LogP contribution in [0.25, 0.3) is 0 Å². The van der Waals surface area contributed by atoms with Crippen LogP contribution in [0.2, 0.25) is 0 Å². The average molecular weight is 311 g/mol. The smallest absolute Gasteiger partial charge is 0.321 e. The maximum absolute atomic E-state index is 12.3. The zero-order valence-corrected chi connectivity index (χ0v) is 13.5. The molecule has 2 aromatic rings. The Morgan fingerprint density at radius 1 is 1.39 bits per heavy atom. The van der Waals surface area contributed by atoms with E-state index in [1.807, 2.05) is 6.07 Å². The molecule has 0 saturated carbocycles. The molecule has 0 atom stereocenters. The van der Waals surface area contributed by atoms with Crippen molar-refractivity contribution in [2.45, 2.75) is 19.4 Å². The first-order chi connectivity index (χ1) is 11.1. The Balaban J connectivity index is 1.66. The van der Waals surface area contributed by atoms with E-state index in [0.29, 0.717) is 6.54 Å².